The van der Waals surface area contributed by atoms with Gasteiger partial charge in [0.05, 0.1) is 24.0 Å². The van der Waals surface area contributed by atoms with Crippen LogP contribution in [0.25, 0.3) is 22.5 Å². The lowest BCUT2D eigenvalue weighted by Crippen LogP contribution is -2.16. The molecular formula is C26H23FN6O3. The number of halogens is 1. The molecule has 0 spiro atoms. The molecule has 1 amide bonds. The van der Waals surface area contributed by atoms with E-state index in [-0.39, 0.29) is 28.6 Å². The third-order valence-corrected chi connectivity index (χ3v) is 6.04. The first-order valence-electron chi connectivity index (χ1n) is 11.3. The van der Waals surface area contributed by atoms with Crippen LogP contribution in [0.5, 0.6) is 0 Å². The van der Waals surface area contributed by atoms with E-state index in [0.29, 0.717) is 22.5 Å². The first kappa shape index (κ1) is 23.2. The molecule has 182 valence electrons. The third-order valence-electron chi connectivity index (χ3n) is 6.04. The molecule has 1 fully saturated rings. The van der Waals surface area contributed by atoms with E-state index in [1.165, 1.54) is 43.8 Å². The Hall–Kier alpha value is -4.60. The van der Waals surface area contributed by atoms with Crippen LogP contribution in [0.2, 0.25) is 0 Å². The van der Waals surface area contributed by atoms with Gasteiger partial charge in [-0.1, -0.05) is 6.07 Å². The number of carbonyl (C=O) groups is 2. The van der Waals surface area contributed by atoms with Crippen LogP contribution in [0.15, 0.2) is 54.9 Å². The first-order valence-corrected chi connectivity index (χ1v) is 11.3. The van der Waals surface area contributed by atoms with Gasteiger partial charge in [0.1, 0.15) is 17.8 Å². The molecule has 2 aromatic heterocycles. The maximum atomic E-state index is 14.2. The smallest absolute Gasteiger partial charge is 0.337 e. The van der Waals surface area contributed by atoms with Gasteiger partial charge >= 0.3 is 5.97 Å². The van der Waals surface area contributed by atoms with Crippen molar-refractivity contribution in [1.29, 1.82) is 0 Å². The molecule has 0 aliphatic heterocycles. The number of nitrogens with zero attached hydrogens (tertiary/aromatic N) is 4. The number of amides is 1. The van der Waals surface area contributed by atoms with Crippen molar-refractivity contribution in [2.75, 3.05) is 18.2 Å². The minimum absolute atomic E-state index is 0.172. The summed E-state index contributed by atoms with van der Waals surface area (Å²) in [5.74, 6) is -0.702. The lowest BCUT2D eigenvalue weighted by atomic mass is 9.97. The van der Waals surface area contributed by atoms with Crippen molar-refractivity contribution < 1.29 is 18.7 Å². The average molecular weight is 487 g/mol. The van der Waals surface area contributed by atoms with Gasteiger partial charge in [0.15, 0.2) is 5.82 Å². The molecule has 0 unspecified atom stereocenters. The second kappa shape index (κ2) is 9.21. The molecule has 3 N–H and O–H groups in total. The molecule has 36 heavy (non-hydrogen) atoms. The fraction of sp³-hybridized carbons (Fsp3) is 0.192. The van der Waals surface area contributed by atoms with Gasteiger partial charge in [0.25, 0.3) is 5.91 Å². The van der Waals surface area contributed by atoms with Crippen LogP contribution in [0.3, 0.4) is 0 Å². The Kier molecular flexibility index (Phi) is 5.93. The molecule has 2 aromatic carbocycles. The fourth-order valence-electron chi connectivity index (χ4n) is 3.99. The van der Waals surface area contributed by atoms with Crippen molar-refractivity contribution in [2.24, 2.45) is 7.05 Å². The van der Waals surface area contributed by atoms with E-state index in [4.69, 9.17) is 10.5 Å². The number of aromatic nitrogens is 4. The number of hydrogen-bond acceptors (Lipinski definition) is 7. The zero-order valence-electron chi connectivity index (χ0n) is 19.7. The van der Waals surface area contributed by atoms with Gasteiger partial charge in [-0.15, -0.1) is 10.2 Å². The number of methoxy groups -OCH3 is 1. The zero-order valence-corrected chi connectivity index (χ0v) is 19.7. The Morgan fingerprint density at radius 3 is 2.61 bits per heavy atom. The Balaban J connectivity index is 1.56. The third kappa shape index (κ3) is 4.52. The monoisotopic (exact) mass is 486 g/mol. The Morgan fingerprint density at radius 1 is 1.11 bits per heavy atom. The van der Waals surface area contributed by atoms with E-state index >= 15 is 0 Å². The van der Waals surface area contributed by atoms with Crippen LogP contribution in [0.1, 0.15) is 45.3 Å². The van der Waals surface area contributed by atoms with Crippen molar-refractivity contribution in [1.82, 2.24) is 19.7 Å². The van der Waals surface area contributed by atoms with Crippen LogP contribution < -0.4 is 11.1 Å². The predicted octanol–water partition coefficient (Wildman–Crippen LogP) is 4.18. The van der Waals surface area contributed by atoms with Gasteiger partial charge in [-0.3, -0.25) is 4.79 Å². The number of aryl methyl sites for hydroxylation is 1. The molecule has 9 nitrogen and oxygen atoms in total. The van der Waals surface area contributed by atoms with E-state index < -0.39 is 17.7 Å². The number of rotatable bonds is 6. The number of nitrogens with two attached hydrogens (primary N) is 1. The van der Waals surface area contributed by atoms with E-state index in [9.17, 15) is 14.0 Å². The summed E-state index contributed by atoms with van der Waals surface area (Å²) in [6, 6.07) is 12.5. The summed E-state index contributed by atoms with van der Waals surface area (Å²) in [4.78, 5) is 29.8. The molecule has 1 aliphatic carbocycles. The minimum atomic E-state index is -0.547. The van der Waals surface area contributed by atoms with Gasteiger partial charge in [-0.2, -0.15) is 0 Å². The number of nitrogen functional groups attached to an aromatic ring is 1. The summed E-state index contributed by atoms with van der Waals surface area (Å²) < 4.78 is 20.7. The summed E-state index contributed by atoms with van der Waals surface area (Å²) in [5, 5.41) is 10.8. The molecule has 1 saturated carbocycles. The standard InChI is InChI=1S/C26H23FN6O3/c1-33-13-29-32-24(33)19-12-17(27)6-7-18(19)16-10-21(14-3-4-14)30-23(11-16)25(34)31-22-9-15(26(35)36-2)5-8-20(22)28/h5-14H,3-4,28H2,1-2H3,(H,31,34). The quantitative estimate of drug-likeness (QED) is 0.309. The number of nitrogens with one attached hydrogen (secondary N) is 1. The molecule has 5 rings (SSSR count). The van der Waals surface area contributed by atoms with E-state index in [1.807, 2.05) is 6.07 Å². The molecule has 10 heteroatoms. The molecule has 2 heterocycles. The molecule has 0 saturated heterocycles. The number of pyridine rings is 1. The van der Waals surface area contributed by atoms with Crippen molar-refractivity contribution >= 4 is 23.3 Å². The highest BCUT2D eigenvalue weighted by Gasteiger charge is 2.27. The SMILES string of the molecule is COC(=O)c1ccc(N)c(NC(=O)c2cc(-c3ccc(F)cc3-c3nncn3C)cc(C3CC3)n2)c1. The average Bonchev–Trinajstić information content (AvgIpc) is 3.65. The van der Waals surface area contributed by atoms with Crippen LogP contribution in [0.4, 0.5) is 15.8 Å². The summed E-state index contributed by atoms with van der Waals surface area (Å²) in [6.45, 7) is 0. The Bertz CT molecular complexity index is 1500. The maximum Gasteiger partial charge on any atom is 0.337 e. The summed E-state index contributed by atoms with van der Waals surface area (Å²) in [7, 11) is 3.05. The second-order valence-electron chi connectivity index (χ2n) is 8.64. The lowest BCUT2D eigenvalue weighted by molar-refractivity contribution is 0.0600. The largest absolute Gasteiger partial charge is 0.465 e. The molecule has 4 aromatic rings. The number of anilines is 2. The second-order valence-corrected chi connectivity index (χ2v) is 8.64. The van der Waals surface area contributed by atoms with Crippen LogP contribution in [-0.4, -0.2) is 38.7 Å². The number of ether oxygens (including phenoxy) is 1. The van der Waals surface area contributed by atoms with E-state index in [1.54, 1.807) is 23.7 Å². The van der Waals surface area contributed by atoms with Gasteiger partial charge in [0.2, 0.25) is 0 Å². The van der Waals surface area contributed by atoms with Gasteiger partial charge in [-0.05, 0) is 66.4 Å². The molecule has 0 radical (unpaired) electrons. The van der Waals surface area contributed by atoms with Crippen molar-refractivity contribution in [3.8, 4) is 22.5 Å². The van der Waals surface area contributed by atoms with Crippen LogP contribution in [-0.2, 0) is 11.8 Å². The highest BCUT2D eigenvalue weighted by molar-refractivity contribution is 6.06. The number of benzene rings is 2. The Labute approximate surface area is 206 Å². The maximum absolute atomic E-state index is 14.2. The van der Waals surface area contributed by atoms with Gasteiger partial charge < -0.3 is 20.4 Å². The molecular weight excluding hydrogens is 463 g/mol. The number of hydrogen-bond donors (Lipinski definition) is 2. The highest BCUT2D eigenvalue weighted by Crippen LogP contribution is 2.41. The number of esters is 1. The van der Waals surface area contributed by atoms with Crippen LogP contribution in [0, 0.1) is 5.82 Å². The minimum Gasteiger partial charge on any atom is -0.465 e. The highest BCUT2D eigenvalue weighted by atomic mass is 19.1. The van der Waals surface area contributed by atoms with Crippen LogP contribution >= 0.6 is 0 Å². The van der Waals surface area contributed by atoms with Crippen molar-refractivity contribution in [3.05, 3.63) is 77.6 Å². The lowest BCUT2D eigenvalue weighted by Gasteiger charge is -2.14. The zero-order chi connectivity index (χ0) is 25.4. The van der Waals surface area contributed by atoms with E-state index in [2.05, 4.69) is 20.5 Å². The van der Waals surface area contributed by atoms with Gasteiger partial charge in [-0.25, -0.2) is 14.2 Å². The predicted molar refractivity (Wildman–Crippen MR) is 132 cm³/mol. The Morgan fingerprint density at radius 2 is 1.92 bits per heavy atom. The number of carbonyl (C=O) groups excluding carboxylic acids is 2. The summed E-state index contributed by atoms with van der Waals surface area (Å²) >= 11 is 0. The summed E-state index contributed by atoms with van der Waals surface area (Å²) in [5.41, 5.74) is 9.73. The molecule has 1 aliphatic rings. The van der Waals surface area contributed by atoms with Crippen molar-refractivity contribution in [2.45, 2.75) is 18.8 Å². The normalized spacial score (nSPS) is 12.9. The first-order chi connectivity index (χ1) is 17.3. The molecule has 0 bridgehead atoms. The van der Waals surface area contributed by atoms with Gasteiger partial charge in [0, 0.05) is 24.2 Å². The fourth-order valence-corrected chi connectivity index (χ4v) is 3.99. The topological polar surface area (TPSA) is 125 Å². The molecule has 0 atom stereocenters. The summed E-state index contributed by atoms with van der Waals surface area (Å²) in [6.07, 6.45) is 3.49. The van der Waals surface area contributed by atoms with E-state index in [0.717, 1.165) is 18.5 Å². The van der Waals surface area contributed by atoms with Crippen molar-refractivity contribution in [3.63, 3.8) is 0 Å².